The van der Waals surface area contributed by atoms with Crippen molar-refractivity contribution in [1.29, 1.82) is 0 Å². The number of phenols is 1. The first-order valence-corrected chi connectivity index (χ1v) is 11.0. The van der Waals surface area contributed by atoms with E-state index in [9.17, 15) is 39.3 Å². The fourth-order valence-corrected chi connectivity index (χ4v) is 3.78. The summed E-state index contributed by atoms with van der Waals surface area (Å²) in [6.45, 7) is 1.44. The van der Waals surface area contributed by atoms with Crippen LogP contribution in [0.2, 0.25) is 0 Å². The Kier molecular flexibility index (Phi) is 9.54. The number of carbonyl (C=O) groups excluding carboxylic acids is 4. The summed E-state index contributed by atoms with van der Waals surface area (Å²) in [6.07, 6.45) is -1.18. The topological polar surface area (TPSA) is 225 Å². The Labute approximate surface area is 201 Å². The molecule has 5 unspecified atom stereocenters. The van der Waals surface area contributed by atoms with Gasteiger partial charge in [-0.3, -0.25) is 19.2 Å². The molecule has 0 saturated carbocycles. The summed E-state index contributed by atoms with van der Waals surface area (Å²) in [5, 5.41) is 33.4. The minimum atomic E-state index is -1.55. The molecule has 1 saturated heterocycles. The molecular formula is C22H31N5O8. The van der Waals surface area contributed by atoms with E-state index in [0.717, 1.165) is 4.90 Å². The number of rotatable bonds is 11. The van der Waals surface area contributed by atoms with Crippen LogP contribution >= 0.6 is 0 Å². The molecule has 35 heavy (non-hydrogen) atoms. The number of likely N-dealkylation sites (tertiary alicyclic amines) is 1. The molecule has 0 aliphatic carbocycles. The van der Waals surface area contributed by atoms with Crippen molar-refractivity contribution in [3.63, 3.8) is 0 Å². The second kappa shape index (κ2) is 12.1. The minimum absolute atomic E-state index is 0.0556. The van der Waals surface area contributed by atoms with Gasteiger partial charge < -0.3 is 42.3 Å². The number of aromatic hydroxyl groups is 1. The van der Waals surface area contributed by atoms with Crippen LogP contribution < -0.4 is 22.1 Å². The molecule has 1 fully saturated rings. The number of carboxylic acids is 1. The first-order valence-electron chi connectivity index (χ1n) is 11.0. The maximum atomic E-state index is 13.2. The lowest BCUT2D eigenvalue weighted by Gasteiger charge is -2.31. The van der Waals surface area contributed by atoms with Gasteiger partial charge in [-0.25, -0.2) is 4.79 Å². The highest BCUT2D eigenvalue weighted by molar-refractivity contribution is 5.95. The largest absolute Gasteiger partial charge is 0.508 e. The molecule has 1 aliphatic rings. The third-order valence-electron chi connectivity index (χ3n) is 5.63. The van der Waals surface area contributed by atoms with Crippen LogP contribution in [0.15, 0.2) is 24.3 Å². The number of aliphatic hydroxyl groups is 1. The van der Waals surface area contributed by atoms with Crippen LogP contribution in [-0.2, 0) is 30.4 Å². The Bertz CT molecular complexity index is 952. The van der Waals surface area contributed by atoms with Gasteiger partial charge in [0.05, 0.1) is 18.6 Å². The van der Waals surface area contributed by atoms with Gasteiger partial charge in [0.15, 0.2) is 0 Å². The number of amides is 4. The van der Waals surface area contributed by atoms with Gasteiger partial charge in [-0.15, -0.1) is 0 Å². The lowest BCUT2D eigenvalue weighted by Crippen LogP contribution is -2.59. The zero-order valence-electron chi connectivity index (χ0n) is 19.2. The monoisotopic (exact) mass is 493 g/mol. The summed E-state index contributed by atoms with van der Waals surface area (Å²) >= 11 is 0. The van der Waals surface area contributed by atoms with E-state index < -0.39 is 66.3 Å². The molecule has 192 valence electrons. The molecule has 0 radical (unpaired) electrons. The van der Waals surface area contributed by atoms with Crippen molar-refractivity contribution in [1.82, 2.24) is 15.5 Å². The maximum Gasteiger partial charge on any atom is 0.326 e. The molecule has 0 spiro atoms. The Morgan fingerprint density at radius 1 is 1.14 bits per heavy atom. The Morgan fingerprint density at radius 2 is 1.77 bits per heavy atom. The van der Waals surface area contributed by atoms with Gasteiger partial charge in [0.2, 0.25) is 23.6 Å². The number of carboxylic acid groups (broad SMARTS) is 1. The van der Waals surface area contributed by atoms with E-state index in [2.05, 4.69) is 10.6 Å². The van der Waals surface area contributed by atoms with Crippen molar-refractivity contribution < 1.29 is 39.3 Å². The van der Waals surface area contributed by atoms with Gasteiger partial charge in [0, 0.05) is 6.54 Å². The second-order valence-corrected chi connectivity index (χ2v) is 8.46. The average molecular weight is 494 g/mol. The fourth-order valence-electron chi connectivity index (χ4n) is 3.78. The number of nitrogens with two attached hydrogens (primary N) is 2. The molecule has 4 amide bonds. The molecule has 1 aromatic carbocycles. The van der Waals surface area contributed by atoms with Crippen LogP contribution in [0.4, 0.5) is 0 Å². The molecule has 13 nitrogen and oxygen atoms in total. The summed E-state index contributed by atoms with van der Waals surface area (Å²) in [7, 11) is 0. The van der Waals surface area contributed by atoms with Gasteiger partial charge in [-0.1, -0.05) is 12.1 Å². The molecule has 1 aliphatic heterocycles. The van der Waals surface area contributed by atoms with Crippen molar-refractivity contribution in [2.75, 3.05) is 6.54 Å². The number of aliphatic carboxylic acids is 1. The smallest absolute Gasteiger partial charge is 0.326 e. The van der Waals surface area contributed by atoms with E-state index >= 15 is 0 Å². The van der Waals surface area contributed by atoms with E-state index in [4.69, 9.17) is 11.5 Å². The summed E-state index contributed by atoms with van der Waals surface area (Å²) in [5.74, 6) is -4.54. The molecule has 0 aromatic heterocycles. The van der Waals surface area contributed by atoms with Crippen molar-refractivity contribution in [3.8, 4) is 5.75 Å². The number of nitrogens with zero attached hydrogens (tertiary/aromatic N) is 1. The van der Waals surface area contributed by atoms with Gasteiger partial charge in [-0.2, -0.15) is 0 Å². The normalized spacial score (nSPS) is 18.7. The number of nitrogens with one attached hydrogen (secondary N) is 2. The van der Waals surface area contributed by atoms with Crippen molar-refractivity contribution in [2.45, 2.75) is 62.9 Å². The third kappa shape index (κ3) is 7.65. The van der Waals surface area contributed by atoms with Crippen LogP contribution in [0.3, 0.4) is 0 Å². The van der Waals surface area contributed by atoms with Gasteiger partial charge in [0.25, 0.3) is 0 Å². The molecule has 1 heterocycles. The molecular weight excluding hydrogens is 462 g/mol. The van der Waals surface area contributed by atoms with Crippen molar-refractivity contribution >= 4 is 29.6 Å². The Morgan fingerprint density at radius 3 is 2.31 bits per heavy atom. The van der Waals surface area contributed by atoms with Crippen LogP contribution in [0.5, 0.6) is 5.75 Å². The number of benzene rings is 1. The third-order valence-corrected chi connectivity index (χ3v) is 5.63. The Hall–Kier alpha value is -3.71. The highest BCUT2D eigenvalue weighted by Gasteiger charge is 2.40. The fraction of sp³-hybridized carbons (Fsp3) is 0.500. The first kappa shape index (κ1) is 27.5. The van der Waals surface area contributed by atoms with Gasteiger partial charge in [-0.05, 0) is 43.9 Å². The summed E-state index contributed by atoms with van der Waals surface area (Å²) < 4.78 is 0. The predicted molar refractivity (Wildman–Crippen MR) is 122 cm³/mol. The summed E-state index contributed by atoms with van der Waals surface area (Å²) in [4.78, 5) is 62.1. The number of hydrogen-bond donors (Lipinski definition) is 7. The minimum Gasteiger partial charge on any atom is -0.508 e. The van der Waals surface area contributed by atoms with E-state index in [-0.39, 0.29) is 25.1 Å². The Balaban J connectivity index is 2.08. The highest BCUT2D eigenvalue weighted by atomic mass is 16.4. The molecule has 9 N–H and O–H groups in total. The van der Waals surface area contributed by atoms with Crippen molar-refractivity contribution in [3.05, 3.63) is 29.8 Å². The lowest BCUT2D eigenvalue weighted by atomic mass is 10.0. The van der Waals surface area contributed by atoms with E-state index in [0.29, 0.717) is 12.0 Å². The number of hydrogen-bond acceptors (Lipinski definition) is 8. The van der Waals surface area contributed by atoms with E-state index in [1.165, 1.54) is 19.1 Å². The van der Waals surface area contributed by atoms with Gasteiger partial charge >= 0.3 is 5.97 Å². The van der Waals surface area contributed by atoms with Crippen LogP contribution in [-0.4, -0.2) is 86.6 Å². The SMILES string of the molecule is CC(O)C(NC(=O)C(N)Cc1ccc(O)cc1)C(=O)N1CCCC1C(=O)NC(CC(N)=O)C(=O)O. The van der Waals surface area contributed by atoms with Crippen molar-refractivity contribution in [2.24, 2.45) is 11.5 Å². The highest BCUT2D eigenvalue weighted by Crippen LogP contribution is 2.20. The predicted octanol–water partition coefficient (Wildman–Crippen LogP) is -2.44. The number of carbonyl (C=O) groups is 5. The van der Waals surface area contributed by atoms with Crippen LogP contribution in [0.25, 0.3) is 0 Å². The molecule has 2 rings (SSSR count). The molecule has 0 bridgehead atoms. The number of primary amides is 1. The van der Waals surface area contributed by atoms with E-state index in [1.54, 1.807) is 12.1 Å². The molecule has 1 aromatic rings. The number of aliphatic hydroxyl groups excluding tert-OH is 1. The second-order valence-electron chi connectivity index (χ2n) is 8.46. The molecule has 13 heteroatoms. The zero-order valence-corrected chi connectivity index (χ0v) is 19.2. The molecule has 5 atom stereocenters. The van der Waals surface area contributed by atoms with Crippen LogP contribution in [0, 0.1) is 0 Å². The van der Waals surface area contributed by atoms with Crippen LogP contribution in [0.1, 0.15) is 31.7 Å². The number of phenolic OH excluding ortho intramolecular Hbond substituents is 1. The average Bonchev–Trinajstić information content (AvgIpc) is 3.27. The quantitative estimate of drug-likeness (QED) is 0.174. The summed E-state index contributed by atoms with van der Waals surface area (Å²) in [6, 6.07) is 1.01. The van der Waals surface area contributed by atoms with Gasteiger partial charge in [0.1, 0.15) is 23.9 Å². The summed E-state index contributed by atoms with van der Waals surface area (Å²) in [5.41, 5.74) is 11.6. The maximum absolute atomic E-state index is 13.2. The standard InChI is InChI=1S/C22H31N5O8/c1-11(28)18(26-19(31)14(23)9-12-4-6-13(29)7-5-12)21(33)27-8-2-3-16(27)20(32)25-15(22(34)35)10-17(24)30/h4-7,11,14-16,18,28-29H,2-3,8-10,23H2,1H3,(H2,24,30)(H,25,32)(H,26,31)(H,34,35). The first-order chi connectivity index (χ1) is 16.4. The van der Waals surface area contributed by atoms with E-state index in [1.807, 2.05) is 0 Å². The lowest BCUT2D eigenvalue weighted by molar-refractivity contribution is -0.146. The zero-order chi connectivity index (χ0) is 26.3.